The number of carbonyl (C=O) groups excluding carboxylic acids is 2. The van der Waals surface area contributed by atoms with Gasteiger partial charge in [0.05, 0.1) is 42.1 Å². The molecule has 0 spiro atoms. The number of carbonyl (C=O) groups is 2. The first-order chi connectivity index (χ1) is 16.7. The summed E-state index contributed by atoms with van der Waals surface area (Å²) in [6.07, 6.45) is 2.78. The minimum Gasteiger partial charge on any atom is -0.507 e. The molecule has 2 heterocycles. The molecular weight excluding hydrogens is 505 g/mol. The molecule has 3 aromatic rings. The third kappa shape index (κ3) is 4.06. The van der Waals surface area contributed by atoms with Crippen LogP contribution in [0.1, 0.15) is 17.2 Å². The van der Waals surface area contributed by atoms with Crippen LogP contribution in [0.25, 0.3) is 5.76 Å². The van der Waals surface area contributed by atoms with Crippen LogP contribution in [0.15, 0.2) is 54.4 Å². The first-order valence-electron chi connectivity index (χ1n) is 9.97. The quantitative estimate of drug-likeness (QED) is 0.278. The summed E-state index contributed by atoms with van der Waals surface area (Å²) in [5.74, 6) is -4.79. The molecule has 35 heavy (non-hydrogen) atoms. The molecule has 1 fully saturated rings. The fourth-order valence-electron chi connectivity index (χ4n) is 3.90. The Bertz CT molecular complexity index is 1380. The van der Waals surface area contributed by atoms with Crippen molar-refractivity contribution in [2.24, 2.45) is 0 Å². The average Bonchev–Trinajstić information content (AvgIpc) is 3.11. The summed E-state index contributed by atoms with van der Waals surface area (Å²) in [7, 11) is 2.60. The first kappa shape index (κ1) is 24.4. The molecule has 1 unspecified atom stereocenters. The molecule has 180 valence electrons. The van der Waals surface area contributed by atoms with Crippen molar-refractivity contribution in [1.82, 2.24) is 4.98 Å². The number of amides is 1. The van der Waals surface area contributed by atoms with Crippen LogP contribution in [-0.4, -0.2) is 36.0 Å². The number of nitrogens with zero attached hydrogens (tertiary/aromatic N) is 2. The normalized spacial score (nSPS) is 17.1. The number of Topliss-reactive ketones (excluding diaryl/α,β-unsaturated/α-hetero) is 1. The summed E-state index contributed by atoms with van der Waals surface area (Å²) in [5.41, 5.74) is -0.708. The maximum absolute atomic E-state index is 14.7. The number of aromatic nitrogens is 1. The van der Waals surface area contributed by atoms with Crippen LogP contribution in [0.3, 0.4) is 0 Å². The molecule has 0 saturated carbocycles. The molecule has 1 aliphatic rings. The number of anilines is 1. The molecule has 1 amide bonds. The van der Waals surface area contributed by atoms with Crippen LogP contribution in [0.5, 0.6) is 11.5 Å². The Hall–Kier alpha value is -3.69. The Morgan fingerprint density at radius 1 is 1.03 bits per heavy atom. The summed E-state index contributed by atoms with van der Waals surface area (Å²) in [6, 6.07) is 5.36. The van der Waals surface area contributed by atoms with Gasteiger partial charge in [-0.25, -0.2) is 8.78 Å². The molecule has 1 saturated heterocycles. The fraction of sp³-hybridized carbons (Fsp3) is 0.125. The summed E-state index contributed by atoms with van der Waals surface area (Å²) in [4.78, 5) is 31.0. The van der Waals surface area contributed by atoms with Gasteiger partial charge in [0.1, 0.15) is 22.4 Å². The maximum atomic E-state index is 14.7. The lowest BCUT2D eigenvalue weighted by Gasteiger charge is -2.26. The Kier molecular flexibility index (Phi) is 6.64. The Morgan fingerprint density at radius 2 is 1.69 bits per heavy atom. The SMILES string of the molecule is COc1c(Cl)cc(/C(O)=C2\C(=O)C(=O)N(c3cc(F)ccc3F)C2c2ccncc2)c(OC)c1Cl. The number of hydrogen-bond acceptors (Lipinski definition) is 6. The molecular formula is C24H16Cl2F2N2O5. The third-order valence-electron chi connectivity index (χ3n) is 5.43. The van der Waals surface area contributed by atoms with Gasteiger partial charge in [-0.3, -0.25) is 19.5 Å². The van der Waals surface area contributed by atoms with Gasteiger partial charge in [0.2, 0.25) is 0 Å². The van der Waals surface area contributed by atoms with E-state index in [1.807, 2.05) is 0 Å². The van der Waals surface area contributed by atoms with E-state index in [4.69, 9.17) is 32.7 Å². The largest absolute Gasteiger partial charge is 0.507 e. The number of pyridine rings is 1. The second kappa shape index (κ2) is 9.52. The monoisotopic (exact) mass is 520 g/mol. The van der Waals surface area contributed by atoms with Crippen LogP contribution >= 0.6 is 23.2 Å². The molecule has 1 aliphatic heterocycles. The van der Waals surface area contributed by atoms with E-state index in [-0.39, 0.29) is 27.1 Å². The minimum atomic E-state index is -1.33. The number of hydrogen-bond donors (Lipinski definition) is 1. The van der Waals surface area contributed by atoms with E-state index in [1.54, 1.807) is 0 Å². The van der Waals surface area contributed by atoms with Gasteiger partial charge in [-0.05, 0) is 35.9 Å². The van der Waals surface area contributed by atoms with Crippen molar-refractivity contribution in [1.29, 1.82) is 0 Å². The molecule has 7 nitrogen and oxygen atoms in total. The van der Waals surface area contributed by atoms with E-state index in [1.165, 1.54) is 44.8 Å². The van der Waals surface area contributed by atoms with E-state index in [2.05, 4.69) is 4.98 Å². The molecule has 2 aromatic carbocycles. The summed E-state index contributed by atoms with van der Waals surface area (Å²) in [5, 5.41) is 11.2. The number of ether oxygens (including phenoxy) is 2. The van der Waals surface area contributed by atoms with Gasteiger partial charge >= 0.3 is 0 Å². The van der Waals surface area contributed by atoms with Crippen molar-refractivity contribution in [3.8, 4) is 11.5 Å². The van der Waals surface area contributed by atoms with Gasteiger partial charge in [-0.1, -0.05) is 23.2 Å². The number of benzene rings is 2. The number of methoxy groups -OCH3 is 2. The zero-order chi connectivity index (χ0) is 25.4. The zero-order valence-electron chi connectivity index (χ0n) is 18.2. The predicted octanol–water partition coefficient (Wildman–Crippen LogP) is 5.31. The smallest absolute Gasteiger partial charge is 0.300 e. The van der Waals surface area contributed by atoms with Gasteiger partial charge in [-0.2, -0.15) is 0 Å². The van der Waals surface area contributed by atoms with E-state index in [9.17, 15) is 23.5 Å². The van der Waals surface area contributed by atoms with E-state index < -0.39 is 46.4 Å². The van der Waals surface area contributed by atoms with Crippen LogP contribution < -0.4 is 14.4 Å². The third-order valence-corrected chi connectivity index (χ3v) is 6.05. The molecule has 0 bridgehead atoms. The number of rotatable bonds is 5. The molecule has 1 aromatic heterocycles. The number of ketones is 1. The lowest BCUT2D eigenvalue weighted by Crippen LogP contribution is -2.30. The second-order valence-corrected chi connectivity index (χ2v) is 8.12. The minimum absolute atomic E-state index is 0.00860. The van der Waals surface area contributed by atoms with E-state index >= 15 is 0 Å². The maximum Gasteiger partial charge on any atom is 0.300 e. The van der Waals surface area contributed by atoms with Crippen molar-refractivity contribution < 1.29 is 33.0 Å². The Morgan fingerprint density at radius 3 is 2.31 bits per heavy atom. The van der Waals surface area contributed by atoms with Crippen LogP contribution in [0.2, 0.25) is 10.0 Å². The van der Waals surface area contributed by atoms with Gasteiger partial charge in [0.25, 0.3) is 11.7 Å². The molecule has 0 aliphatic carbocycles. The van der Waals surface area contributed by atoms with Crippen molar-refractivity contribution in [2.75, 3.05) is 19.1 Å². The highest BCUT2D eigenvalue weighted by Crippen LogP contribution is 2.48. The molecule has 4 rings (SSSR count). The topological polar surface area (TPSA) is 89.0 Å². The van der Waals surface area contributed by atoms with Crippen LogP contribution in [0.4, 0.5) is 14.5 Å². The zero-order valence-corrected chi connectivity index (χ0v) is 19.7. The molecule has 1 atom stereocenters. The lowest BCUT2D eigenvalue weighted by atomic mass is 9.95. The van der Waals surface area contributed by atoms with Crippen molar-refractivity contribution in [3.05, 3.63) is 87.2 Å². The molecule has 11 heteroatoms. The highest BCUT2D eigenvalue weighted by molar-refractivity contribution is 6.52. The Labute approximate surface area is 208 Å². The van der Waals surface area contributed by atoms with E-state index in [0.29, 0.717) is 5.56 Å². The number of aliphatic hydroxyl groups excluding tert-OH is 1. The predicted molar refractivity (Wildman–Crippen MR) is 125 cm³/mol. The second-order valence-electron chi connectivity index (χ2n) is 7.33. The molecule has 1 N–H and O–H groups in total. The van der Waals surface area contributed by atoms with E-state index in [0.717, 1.165) is 23.1 Å². The summed E-state index contributed by atoms with van der Waals surface area (Å²) < 4.78 is 39.2. The highest BCUT2D eigenvalue weighted by atomic mass is 35.5. The highest BCUT2D eigenvalue weighted by Gasteiger charge is 2.48. The number of halogens is 4. The van der Waals surface area contributed by atoms with Crippen molar-refractivity contribution in [2.45, 2.75) is 6.04 Å². The van der Waals surface area contributed by atoms with Gasteiger partial charge in [0, 0.05) is 18.5 Å². The van der Waals surface area contributed by atoms with Crippen LogP contribution in [0, 0.1) is 11.6 Å². The fourth-order valence-corrected chi connectivity index (χ4v) is 4.59. The summed E-state index contributed by atoms with van der Waals surface area (Å²) in [6.45, 7) is 0. The first-order valence-corrected chi connectivity index (χ1v) is 10.7. The molecule has 0 radical (unpaired) electrons. The standard InChI is InChI=1S/C24H16Cl2F2N2O5/c1-34-22-13(10-14(25)23(35-2)18(22)26)20(31)17-19(11-5-7-29-8-6-11)30(24(33)21(17)32)16-9-12(27)3-4-15(16)28/h3-10,19,31H,1-2H3/b20-17+. The van der Waals surface area contributed by atoms with Gasteiger partial charge in [-0.15, -0.1) is 0 Å². The lowest BCUT2D eigenvalue weighted by molar-refractivity contribution is -0.132. The van der Waals surface area contributed by atoms with Crippen molar-refractivity contribution >= 4 is 46.3 Å². The van der Waals surface area contributed by atoms with Gasteiger partial charge in [0.15, 0.2) is 11.5 Å². The van der Waals surface area contributed by atoms with Crippen molar-refractivity contribution in [3.63, 3.8) is 0 Å². The number of aliphatic hydroxyl groups is 1. The summed E-state index contributed by atoms with van der Waals surface area (Å²) >= 11 is 12.6. The average molecular weight is 521 g/mol. The van der Waals surface area contributed by atoms with Crippen LogP contribution in [-0.2, 0) is 9.59 Å². The Balaban J connectivity index is 2.04. The van der Waals surface area contributed by atoms with Gasteiger partial charge < -0.3 is 14.6 Å².